The molecule has 8 heteroatoms. The van der Waals surface area contributed by atoms with E-state index in [1.807, 2.05) is 35.7 Å². The van der Waals surface area contributed by atoms with Crippen LogP contribution in [0.5, 0.6) is 0 Å². The third-order valence-electron chi connectivity index (χ3n) is 3.47. The number of benzene rings is 1. The Bertz CT molecular complexity index is 705. The van der Waals surface area contributed by atoms with Gasteiger partial charge < -0.3 is 14.7 Å². The van der Waals surface area contributed by atoms with Crippen molar-refractivity contribution in [3.8, 4) is 0 Å². The van der Waals surface area contributed by atoms with Gasteiger partial charge in [0.1, 0.15) is 6.54 Å². The molecular formula is C17H21N3O4S. The fourth-order valence-corrected chi connectivity index (χ4v) is 3.19. The van der Waals surface area contributed by atoms with Crippen molar-refractivity contribution < 1.29 is 19.4 Å². The molecule has 1 aromatic heterocycles. The van der Waals surface area contributed by atoms with Gasteiger partial charge in [0, 0.05) is 25.1 Å². The maximum absolute atomic E-state index is 11.8. The van der Waals surface area contributed by atoms with Crippen molar-refractivity contribution in [2.45, 2.75) is 13.5 Å². The van der Waals surface area contributed by atoms with Crippen LogP contribution in [0.3, 0.4) is 0 Å². The number of carboxylic acid groups (broad SMARTS) is 1. The summed E-state index contributed by atoms with van der Waals surface area (Å²) in [5, 5.41) is 11.6. The molecule has 0 aliphatic heterocycles. The Morgan fingerprint density at radius 1 is 1.28 bits per heavy atom. The first-order chi connectivity index (χ1) is 12.0. The van der Waals surface area contributed by atoms with Crippen LogP contribution in [0.15, 0.2) is 35.7 Å². The average molecular weight is 363 g/mol. The molecule has 0 radical (unpaired) electrons. The van der Waals surface area contributed by atoms with Crippen LogP contribution < -0.4 is 9.80 Å². The molecule has 2 rings (SSSR count). The second kappa shape index (κ2) is 9.14. The number of amides is 1. The van der Waals surface area contributed by atoms with E-state index in [1.165, 1.54) is 18.3 Å². The molecule has 0 saturated heterocycles. The molecule has 0 atom stereocenters. The van der Waals surface area contributed by atoms with Gasteiger partial charge in [-0.2, -0.15) is 0 Å². The quantitative estimate of drug-likeness (QED) is 0.736. The zero-order valence-electron chi connectivity index (χ0n) is 14.2. The summed E-state index contributed by atoms with van der Waals surface area (Å²) in [5.41, 5.74) is 1.52. The predicted molar refractivity (Wildman–Crippen MR) is 97.1 cm³/mol. The first-order valence-electron chi connectivity index (χ1n) is 7.74. The number of nitrogens with zero attached hydrogens (tertiary/aromatic N) is 3. The molecule has 0 aliphatic rings. The number of methoxy groups -OCH3 is 1. The lowest BCUT2D eigenvalue weighted by Gasteiger charge is -2.22. The second-order valence-corrected chi connectivity index (χ2v) is 6.21. The number of hydrogen-bond donors (Lipinski definition) is 1. The van der Waals surface area contributed by atoms with Gasteiger partial charge in [-0.25, -0.2) is 4.98 Å². The molecule has 134 valence electrons. The van der Waals surface area contributed by atoms with Gasteiger partial charge in [-0.15, -0.1) is 11.3 Å². The van der Waals surface area contributed by atoms with Crippen molar-refractivity contribution in [1.82, 2.24) is 4.98 Å². The van der Waals surface area contributed by atoms with Gasteiger partial charge in [0.15, 0.2) is 5.13 Å². The van der Waals surface area contributed by atoms with E-state index in [2.05, 4.69) is 4.98 Å². The van der Waals surface area contributed by atoms with Crippen molar-refractivity contribution in [2.24, 2.45) is 0 Å². The van der Waals surface area contributed by atoms with Crippen molar-refractivity contribution in [3.63, 3.8) is 0 Å². The van der Waals surface area contributed by atoms with Gasteiger partial charge in [0.25, 0.3) is 0 Å². The molecule has 0 unspecified atom stereocenters. The number of para-hydroxylation sites is 1. The van der Waals surface area contributed by atoms with Crippen molar-refractivity contribution in [1.29, 1.82) is 0 Å². The number of anilines is 2. The minimum atomic E-state index is -0.912. The Kier molecular flexibility index (Phi) is 6.91. The number of rotatable bonds is 9. The largest absolute Gasteiger partial charge is 0.480 e. The molecule has 2 aromatic rings. The molecule has 7 nitrogen and oxygen atoms in total. The molecule has 0 fully saturated rings. The smallest absolute Gasteiger partial charge is 0.323 e. The van der Waals surface area contributed by atoms with E-state index in [-0.39, 0.29) is 12.5 Å². The lowest BCUT2D eigenvalue weighted by molar-refractivity contribution is -0.135. The van der Waals surface area contributed by atoms with E-state index in [1.54, 1.807) is 16.9 Å². The summed E-state index contributed by atoms with van der Waals surface area (Å²) in [7, 11) is 1.58. The first kappa shape index (κ1) is 18.9. The SMILES string of the molecule is COCCN(C(C)=O)c1nc(CN(CC(=O)O)c2ccccc2)cs1. The van der Waals surface area contributed by atoms with Gasteiger partial charge in [0.05, 0.1) is 25.4 Å². The highest BCUT2D eigenvalue weighted by Gasteiger charge is 2.17. The lowest BCUT2D eigenvalue weighted by Crippen LogP contribution is -2.32. The van der Waals surface area contributed by atoms with Crippen LogP contribution in [0.1, 0.15) is 12.6 Å². The molecule has 1 heterocycles. The summed E-state index contributed by atoms with van der Waals surface area (Å²) in [6, 6.07) is 9.31. The van der Waals surface area contributed by atoms with E-state index < -0.39 is 5.97 Å². The number of carboxylic acids is 1. The number of ether oxygens (including phenoxy) is 1. The van der Waals surface area contributed by atoms with Gasteiger partial charge in [-0.05, 0) is 12.1 Å². The predicted octanol–water partition coefficient (Wildman–Crippen LogP) is 2.23. The van der Waals surface area contributed by atoms with Gasteiger partial charge in [-0.1, -0.05) is 18.2 Å². The number of hydrogen-bond acceptors (Lipinski definition) is 6. The fourth-order valence-electron chi connectivity index (χ4n) is 2.30. The van der Waals surface area contributed by atoms with E-state index in [0.717, 1.165) is 5.69 Å². The summed E-state index contributed by atoms with van der Waals surface area (Å²) in [6.45, 7) is 2.55. The maximum Gasteiger partial charge on any atom is 0.323 e. The summed E-state index contributed by atoms with van der Waals surface area (Å²) in [4.78, 5) is 30.7. The molecule has 0 spiro atoms. The van der Waals surface area contributed by atoms with Crippen LogP contribution in [0, 0.1) is 0 Å². The number of aliphatic carboxylic acids is 1. The third kappa shape index (κ3) is 5.54. The summed E-state index contributed by atoms with van der Waals surface area (Å²) in [5.74, 6) is -1.02. The molecule has 1 N–H and O–H groups in total. The van der Waals surface area contributed by atoms with Crippen LogP contribution in [0.4, 0.5) is 10.8 Å². The maximum atomic E-state index is 11.8. The Morgan fingerprint density at radius 2 is 2.00 bits per heavy atom. The first-order valence-corrected chi connectivity index (χ1v) is 8.62. The number of thiazole rings is 1. The highest BCUT2D eigenvalue weighted by atomic mass is 32.1. The molecule has 1 amide bonds. The van der Waals surface area contributed by atoms with E-state index in [9.17, 15) is 9.59 Å². The standard InChI is InChI=1S/C17H21N3O4S/c1-13(21)20(8-9-24-2)17-18-14(12-25-17)10-19(11-16(22)23)15-6-4-3-5-7-15/h3-7,12H,8-11H2,1-2H3,(H,22,23). The zero-order valence-corrected chi connectivity index (χ0v) is 15.0. The van der Waals surface area contributed by atoms with Crippen LogP contribution in [-0.4, -0.2) is 48.8 Å². The highest BCUT2D eigenvalue weighted by molar-refractivity contribution is 7.14. The van der Waals surface area contributed by atoms with Crippen molar-refractivity contribution >= 4 is 34.0 Å². The van der Waals surface area contributed by atoms with Gasteiger partial charge >= 0.3 is 5.97 Å². The number of carbonyl (C=O) groups is 2. The van der Waals surface area contributed by atoms with E-state index in [0.29, 0.717) is 30.5 Å². The van der Waals surface area contributed by atoms with Gasteiger partial charge in [0.2, 0.25) is 5.91 Å². The van der Waals surface area contributed by atoms with Crippen molar-refractivity contribution in [2.75, 3.05) is 36.6 Å². The van der Waals surface area contributed by atoms with Crippen molar-refractivity contribution in [3.05, 3.63) is 41.4 Å². The minimum absolute atomic E-state index is 0.108. The summed E-state index contributed by atoms with van der Waals surface area (Å²) >= 11 is 1.36. The van der Waals surface area contributed by atoms with Crippen LogP contribution in [0.25, 0.3) is 0 Å². The van der Waals surface area contributed by atoms with E-state index >= 15 is 0 Å². The van der Waals surface area contributed by atoms with Gasteiger partial charge in [-0.3, -0.25) is 14.5 Å². The highest BCUT2D eigenvalue weighted by Crippen LogP contribution is 2.23. The number of carbonyl (C=O) groups excluding carboxylic acids is 1. The van der Waals surface area contributed by atoms with Crippen LogP contribution in [0.2, 0.25) is 0 Å². The molecule has 0 aliphatic carbocycles. The average Bonchev–Trinajstić information content (AvgIpc) is 3.03. The Labute approximate surface area is 150 Å². The molecular weight excluding hydrogens is 342 g/mol. The second-order valence-electron chi connectivity index (χ2n) is 5.37. The molecule has 0 saturated carbocycles. The van der Waals surface area contributed by atoms with E-state index in [4.69, 9.17) is 9.84 Å². The van der Waals surface area contributed by atoms with Crippen LogP contribution in [-0.2, 0) is 20.9 Å². The minimum Gasteiger partial charge on any atom is -0.480 e. The number of aromatic nitrogens is 1. The summed E-state index contributed by atoms with van der Waals surface area (Å²) in [6.07, 6.45) is 0. The third-order valence-corrected chi connectivity index (χ3v) is 4.38. The topological polar surface area (TPSA) is 83.0 Å². The monoisotopic (exact) mass is 363 g/mol. The molecule has 1 aromatic carbocycles. The normalized spacial score (nSPS) is 10.5. The summed E-state index contributed by atoms with van der Waals surface area (Å²) < 4.78 is 5.03. The molecule has 0 bridgehead atoms. The lowest BCUT2D eigenvalue weighted by atomic mass is 10.2. The Morgan fingerprint density at radius 3 is 2.60 bits per heavy atom. The zero-order chi connectivity index (χ0) is 18.2. The Balaban J connectivity index is 2.16. The fraction of sp³-hybridized carbons (Fsp3) is 0.353. The van der Waals surface area contributed by atoms with Crippen LogP contribution >= 0.6 is 11.3 Å². The molecule has 25 heavy (non-hydrogen) atoms. The Hall–Kier alpha value is -2.45.